The summed E-state index contributed by atoms with van der Waals surface area (Å²) in [5.41, 5.74) is 7.88. The second-order valence-corrected chi connectivity index (χ2v) is 15.3. The standard InChI is InChI=1S/C41H45N5O3S/c1-31-12-14-37-36(22-31)38(42-28-41(29-49-30-41)46(25-32-8-4-2-5-9-32)26-33-10-6-3-7-11-33)24-40(43-37)45-18-21-50(47)39-15-13-35(23-34(39)27-45)44-16-19-48-20-17-44/h2-15,22-24H,16-21,25-30H2,1H3,(H,42,43). The number of benzene rings is 4. The molecule has 0 radical (unpaired) electrons. The van der Waals surface area contributed by atoms with Gasteiger partial charge < -0.3 is 24.6 Å². The molecular weight excluding hydrogens is 643 g/mol. The van der Waals surface area contributed by atoms with E-state index in [1.807, 2.05) is 0 Å². The van der Waals surface area contributed by atoms with Gasteiger partial charge in [0.2, 0.25) is 0 Å². The lowest BCUT2D eigenvalue weighted by molar-refractivity contribution is -0.140. The van der Waals surface area contributed by atoms with Gasteiger partial charge in [-0.05, 0) is 53.9 Å². The van der Waals surface area contributed by atoms with Crippen molar-refractivity contribution in [2.45, 2.75) is 37.0 Å². The molecular formula is C41H45N5O3S. The van der Waals surface area contributed by atoms with Gasteiger partial charge in [0.15, 0.2) is 0 Å². The molecule has 1 aromatic heterocycles. The third-order valence-corrected chi connectivity index (χ3v) is 11.7. The minimum Gasteiger partial charge on any atom is -0.382 e. The van der Waals surface area contributed by atoms with Gasteiger partial charge in [0.05, 0.1) is 48.3 Å². The molecule has 5 aromatic rings. The Hall–Kier alpha value is -4.28. The first kappa shape index (κ1) is 32.9. The van der Waals surface area contributed by atoms with Gasteiger partial charge in [-0.1, -0.05) is 72.3 Å². The number of hydrogen-bond donors (Lipinski definition) is 1. The maximum absolute atomic E-state index is 13.5. The molecule has 9 heteroatoms. The van der Waals surface area contributed by atoms with Gasteiger partial charge in [0, 0.05) is 79.3 Å². The second-order valence-electron chi connectivity index (χ2n) is 13.8. The molecule has 1 atom stereocenters. The number of aromatic nitrogens is 1. The van der Waals surface area contributed by atoms with Crippen molar-refractivity contribution >= 4 is 38.9 Å². The number of nitrogens with one attached hydrogen (secondary N) is 1. The molecule has 0 aliphatic carbocycles. The lowest BCUT2D eigenvalue weighted by Crippen LogP contribution is -2.65. The van der Waals surface area contributed by atoms with Crippen LogP contribution in [0, 0.1) is 6.92 Å². The van der Waals surface area contributed by atoms with Crippen LogP contribution < -0.4 is 15.1 Å². The molecule has 3 aliphatic rings. The molecule has 258 valence electrons. The fourth-order valence-corrected chi connectivity index (χ4v) is 8.58. The van der Waals surface area contributed by atoms with Crippen LogP contribution in [0.15, 0.2) is 108 Å². The van der Waals surface area contributed by atoms with Crippen LogP contribution in [0.2, 0.25) is 0 Å². The predicted octanol–water partition coefficient (Wildman–Crippen LogP) is 6.39. The van der Waals surface area contributed by atoms with Gasteiger partial charge in [-0.2, -0.15) is 0 Å². The summed E-state index contributed by atoms with van der Waals surface area (Å²) in [6, 6.07) is 36.6. The van der Waals surface area contributed by atoms with E-state index in [0.717, 1.165) is 78.8 Å². The van der Waals surface area contributed by atoms with Crippen LogP contribution in [0.3, 0.4) is 0 Å². The molecule has 4 heterocycles. The van der Waals surface area contributed by atoms with E-state index in [4.69, 9.17) is 14.5 Å². The van der Waals surface area contributed by atoms with Crippen molar-refractivity contribution in [2.24, 2.45) is 0 Å². The summed E-state index contributed by atoms with van der Waals surface area (Å²) < 4.78 is 25.0. The number of pyridine rings is 1. The smallest absolute Gasteiger partial charge is 0.131 e. The van der Waals surface area contributed by atoms with E-state index >= 15 is 0 Å². The zero-order chi connectivity index (χ0) is 33.9. The number of aryl methyl sites for hydroxylation is 1. The first-order valence-corrected chi connectivity index (χ1v) is 19.0. The average molecular weight is 688 g/mol. The molecule has 8 nitrogen and oxygen atoms in total. The molecule has 3 aliphatic heterocycles. The van der Waals surface area contributed by atoms with Crippen molar-refractivity contribution in [1.82, 2.24) is 9.88 Å². The Bertz CT molecular complexity index is 1920. The monoisotopic (exact) mass is 687 g/mol. The SMILES string of the molecule is Cc1ccc2nc(N3CCS(=O)c4ccc(N5CCOCC5)cc4C3)cc(NCC3(N(Cc4ccccc4)Cc4ccccc4)COC3)c2c1. The third-order valence-electron chi connectivity index (χ3n) is 10.3. The Labute approximate surface area is 297 Å². The predicted molar refractivity (Wildman–Crippen MR) is 202 cm³/mol. The summed E-state index contributed by atoms with van der Waals surface area (Å²) >= 11 is 0. The van der Waals surface area contributed by atoms with Gasteiger partial charge in [0.1, 0.15) is 5.82 Å². The van der Waals surface area contributed by atoms with Gasteiger partial charge in [-0.15, -0.1) is 0 Å². The topological polar surface area (TPSA) is 70.2 Å². The highest BCUT2D eigenvalue weighted by atomic mass is 32.2. The van der Waals surface area contributed by atoms with E-state index < -0.39 is 10.8 Å². The number of anilines is 3. The maximum atomic E-state index is 13.5. The Balaban J connectivity index is 1.10. The molecule has 0 bridgehead atoms. The van der Waals surface area contributed by atoms with E-state index in [0.29, 0.717) is 32.1 Å². The van der Waals surface area contributed by atoms with Crippen molar-refractivity contribution in [2.75, 3.05) is 73.5 Å². The summed E-state index contributed by atoms with van der Waals surface area (Å²) in [6.07, 6.45) is 0. The summed E-state index contributed by atoms with van der Waals surface area (Å²) in [4.78, 5) is 13.4. The Morgan fingerprint density at radius 1 is 0.820 bits per heavy atom. The van der Waals surface area contributed by atoms with Crippen molar-refractivity contribution in [3.8, 4) is 0 Å². The number of ether oxygens (including phenoxy) is 2. The van der Waals surface area contributed by atoms with Crippen LogP contribution in [-0.2, 0) is 39.9 Å². The number of hydrogen-bond acceptors (Lipinski definition) is 8. The van der Waals surface area contributed by atoms with Crippen LogP contribution in [0.5, 0.6) is 0 Å². The zero-order valence-corrected chi connectivity index (χ0v) is 29.5. The highest BCUT2D eigenvalue weighted by Crippen LogP contribution is 2.35. The highest BCUT2D eigenvalue weighted by Gasteiger charge is 2.44. The first-order valence-electron chi connectivity index (χ1n) is 17.7. The van der Waals surface area contributed by atoms with Crippen LogP contribution in [-0.4, -0.2) is 78.0 Å². The number of nitrogens with zero attached hydrogens (tertiary/aromatic N) is 4. The van der Waals surface area contributed by atoms with Crippen LogP contribution in [0.1, 0.15) is 22.3 Å². The maximum Gasteiger partial charge on any atom is 0.131 e. The fourth-order valence-electron chi connectivity index (χ4n) is 7.34. The van der Waals surface area contributed by atoms with Crippen molar-refractivity contribution in [3.63, 3.8) is 0 Å². The summed E-state index contributed by atoms with van der Waals surface area (Å²) in [5.74, 6) is 1.46. The fraction of sp³-hybridized carbons (Fsp3) is 0.341. The minimum atomic E-state index is -1.07. The normalized spacial score (nSPS) is 18.8. The molecule has 0 saturated carbocycles. The number of rotatable bonds is 10. The van der Waals surface area contributed by atoms with Crippen LogP contribution >= 0.6 is 0 Å². The molecule has 0 spiro atoms. The van der Waals surface area contributed by atoms with Crippen molar-refractivity contribution < 1.29 is 13.7 Å². The first-order chi connectivity index (χ1) is 24.5. The summed E-state index contributed by atoms with van der Waals surface area (Å²) in [6.45, 7) is 10.4. The third kappa shape index (κ3) is 7.01. The molecule has 2 saturated heterocycles. The van der Waals surface area contributed by atoms with Crippen molar-refractivity contribution in [1.29, 1.82) is 0 Å². The summed E-state index contributed by atoms with van der Waals surface area (Å²) in [7, 11) is -1.07. The highest BCUT2D eigenvalue weighted by molar-refractivity contribution is 7.85. The van der Waals surface area contributed by atoms with Gasteiger partial charge in [-0.25, -0.2) is 4.98 Å². The molecule has 1 N–H and O–H groups in total. The van der Waals surface area contributed by atoms with Gasteiger partial charge in [0.25, 0.3) is 0 Å². The van der Waals surface area contributed by atoms with Crippen LogP contribution in [0.25, 0.3) is 10.9 Å². The molecule has 0 amide bonds. The van der Waals surface area contributed by atoms with E-state index in [9.17, 15) is 4.21 Å². The number of morpholine rings is 1. The second kappa shape index (κ2) is 14.5. The summed E-state index contributed by atoms with van der Waals surface area (Å²) in [5, 5.41) is 5.02. The minimum absolute atomic E-state index is 0.181. The largest absolute Gasteiger partial charge is 0.382 e. The van der Waals surface area contributed by atoms with E-state index in [-0.39, 0.29) is 5.54 Å². The lowest BCUT2D eigenvalue weighted by atomic mass is 9.92. The Morgan fingerprint density at radius 2 is 1.54 bits per heavy atom. The molecule has 4 aromatic carbocycles. The van der Waals surface area contributed by atoms with Crippen LogP contribution in [0.4, 0.5) is 17.2 Å². The Morgan fingerprint density at radius 3 is 2.22 bits per heavy atom. The molecule has 1 unspecified atom stereocenters. The average Bonchev–Trinajstić information content (AvgIpc) is 3.30. The number of fused-ring (bicyclic) bond motifs is 2. The zero-order valence-electron chi connectivity index (χ0n) is 28.7. The molecule has 8 rings (SSSR count). The van der Waals surface area contributed by atoms with Gasteiger partial charge in [-0.3, -0.25) is 9.11 Å². The van der Waals surface area contributed by atoms with E-state index in [1.165, 1.54) is 22.4 Å². The van der Waals surface area contributed by atoms with E-state index in [1.54, 1.807) is 0 Å². The lowest BCUT2D eigenvalue weighted by Gasteiger charge is -2.50. The van der Waals surface area contributed by atoms with Gasteiger partial charge >= 0.3 is 0 Å². The van der Waals surface area contributed by atoms with Crippen molar-refractivity contribution in [3.05, 3.63) is 125 Å². The van der Waals surface area contributed by atoms with E-state index in [2.05, 4.69) is 130 Å². The Kier molecular flexibility index (Phi) is 9.56. The molecule has 50 heavy (non-hydrogen) atoms. The molecule has 2 fully saturated rings. The quantitative estimate of drug-likeness (QED) is 0.181.